The third-order valence-electron chi connectivity index (χ3n) is 2.77. The second-order valence-corrected chi connectivity index (χ2v) is 7.71. The van der Waals surface area contributed by atoms with Crippen molar-refractivity contribution >= 4 is 39.1 Å². The molecule has 0 spiro atoms. The highest BCUT2D eigenvalue weighted by molar-refractivity contribution is 9.11. The molecule has 0 bridgehead atoms. The van der Waals surface area contributed by atoms with Gasteiger partial charge in [0, 0.05) is 5.56 Å². The van der Waals surface area contributed by atoms with Gasteiger partial charge in [-0.1, -0.05) is 19.9 Å². The molecular formula is C16H17BrN2O3S. The predicted octanol–water partition coefficient (Wildman–Crippen LogP) is 3.62. The van der Waals surface area contributed by atoms with E-state index in [1.165, 1.54) is 11.3 Å². The fourth-order valence-corrected chi connectivity index (χ4v) is 2.95. The van der Waals surface area contributed by atoms with Gasteiger partial charge in [0.25, 0.3) is 11.8 Å². The van der Waals surface area contributed by atoms with Crippen LogP contribution in [0.15, 0.2) is 40.2 Å². The average molecular weight is 397 g/mol. The molecule has 0 radical (unpaired) electrons. The van der Waals surface area contributed by atoms with Crippen LogP contribution in [0.25, 0.3) is 0 Å². The summed E-state index contributed by atoms with van der Waals surface area (Å²) >= 11 is 4.58. The molecule has 0 saturated heterocycles. The summed E-state index contributed by atoms with van der Waals surface area (Å²) in [5, 5.41) is 0. The van der Waals surface area contributed by atoms with E-state index in [1.54, 1.807) is 36.4 Å². The normalized spacial score (nSPS) is 10.4. The molecule has 0 saturated carbocycles. The van der Waals surface area contributed by atoms with Crippen molar-refractivity contribution in [1.29, 1.82) is 0 Å². The number of benzene rings is 1. The Morgan fingerprint density at radius 1 is 1.17 bits per heavy atom. The first-order valence-electron chi connectivity index (χ1n) is 7.04. The topological polar surface area (TPSA) is 67.4 Å². The second kappa shape index (κ2) is 8.12. The highest BCUT2D eigenvalue weighted by Crippen LogP contribution is 2.21. The smallest absolute Gasteiger partial charge is 0.279 e. The van der Waals surface area contributed by atoms with Crippen LogP contribution in [0.2, 0.25) is 0 Å². The standard InChI is InChI=1S/C16H17BrN2O3S/c1-10(2)9-22-12-5-3-4-11(8-12)15(20)18-19-16(21)13-6-7-14(17)23-13/h3-8,10H,9H2,1-2H3,(H,18,20)(H,19,21). The molecule has 0 aliphatic rings. The molecule has 2 amide bonds. The Morgan fingerprint density at radius 3 is 2.57 bits per heavy atom. The van der Waals surface area contributed by atoms with E-state index >= 15 is 0 Å². The van der Waals surface area contributed by atoms with E-state index in [4.69, 9.17) is 4.74 Å². The number of ether oxygens (including phenoxy) is 1. The van der Waals surface area contributed by atoms with Gasteiger partial charge in [0.1, 0.15) is 5.75 Å². The number of carbonyl (C=O) groups excluding carboxylic acids is 2. The number of thiophene rings is 1. The van der Waals surface area contributed by atoms with Crippen molar-refractivity contribution < 1.29 is 14.3 Å². The number of carbonyl (C=O) groups is 2. The van der Waals surface area contributed by atoms with Gasteiger partial charge in [0.2, 0.25) is 0 Å². The van der Waals surface area contributed by atoms with Crippen LogP contribution < -0.4 is 15.6 Å². The zero-order valence-corrected chi connectivity index (χ0v) is 15.2. The summed E-state index contributed by atoms with van der Waals surface area (Å²) in [7, 11) is 0. The summed E-state index contributed by atoms with van der Waals surface area (Å²) in [6, 6.07) is 10.3. The maximum absolute atomic E-state index is 12.1. The number of nitrogens with one attached hydrogen (secondary N) is 2. The molecule has 2 aromatic rings. The molecule has 1 aromatic carbocycles. The molecule has 0 unspecified atom stereocenters. The van der Waals surface area contributed by atoms with Crippen LogP contribution in [0.1, 0.15) is 33.9 Å². The Morgan fingerprint density at radius 2 is 1.91 bits per heavy atom. The van der Waals surface area contributed by atoms with Crippen LogP contribution in [0.3, 0.4) is 0 Å². The minimum atomic E-state index is -0.399. The molecule has 122 valence electrons. The molecule has 7 heteroatoms. The van der Waals surface area contributed by atoms with Gasteiger partial charge in [0.15, 0.2) is 0 Å². The Bertz CT molecular complexity index is 700. The van der Waals surface area contributed by atoms with E-state index in [0.29, 0.717) is 28.7 Å². The van der Waals surface area contributed by atoms with Gasteiger partial charge in [-0.25, -0.2) is 0 Å². The van der Waals surface area contributed by atoms with Gasteiger partial charge >= 0.3 is 0 Å². The number of amides is 2. The van der Waals surface area contributed by atoms with Crippen LogP contribution >= 0.6 is 27.3 Å². The van der Waals surface area contributed by atoms with E-state index in [2.05, 4.69) is 40.6 Å². The number of rotatable bonds is 5. The minimum absolute atomic E-state index is 0.360. The zero-order valence-electron chi connectivity index (χ0n) is 12.8. The van der Waals surface area contributed by atoms with Crippen molar-refractivity contribution in [3.8, 4) is 5.75 Å². The molecule has 1 aromatic heterocycles. The molecule has 2 rings (SSSR count). The third kappa shape index (κ3) is 5.37. The summed E-state index contributed by atoms with van der Waals surface area (Å²) in [5.74, 6) is 0.266. The fourth-order valence-electron chi connectivity index (χ4n) is 1.67. The quantitative estimate of drug-likeness (QED) is 0.758. The lowest BCUT2D eigenvalue weighted by atomic mass is 10.2. The number of hydrazine groups is 1. The Hall–Kier alpha value is -1.86. The lowest BCUT2D eigenvalue weighted by molar-refractivity contribution is 0.0848. The van der Waals surface area contributed by atoms with E-state index in [-0.39, 0.29) is 5.91 Å². The second-order valence-electron chi connectivity index (χ2n) is 5.24. The summed E-state index contributed by atoms with van der Waals surface area (Å²) in [4.78, 5) is 24.5. The Balaban J connectivity index is 1.92. The van der Waals surface area contributed by atoms with Crippen molar-refractivity contribution in [3.63, 3.8) is 0 Å². The van der Waals surface area contributed by atoms with Gasteiger partial charge in [0.05, 0.1) is 15.3 Å². The maximum atomic E-state index is 12.1. The summed E-state index contributed by atoms with van der Waals surface area (Å²) < 4.78 is 6.44. The first kappa shape index (κ1) is 17.5. The van der Waals surface area contributed by atoms with Crippen LogP contribution in [0, 0.1) is 5.92 Å². The Kier molecular flexibility index (Phi) is 6.18. The number of halogens is 1. The van der Waals surface area contributed by atoms with Gasteiger partial charge < -0.3 is 4.74 Å². The maximum Gasteiger partial charge on any atom is 0.279 e. The molecule has 0 aliphatic carbocycles. The zero-order chi connectivity index (χ0) is 16.8. The van der Waals surface area contributed by atoms with Crippen LogP contribution in [-0.2, 0) is 0 Å². The van der Waals surface area contributed by atoms with Crippen molar-refractivity contribution in [2.45, 2.75) is 13.8 Å². The van der Waals surface area contributed by atoms with Crippen molar-refractivity contribution in [2.24, 2.45) is 5.92 Å². The highest BCUT2D eigenvalue weighted by atomic mass is 79.9. The van der Waals surface area contributed by atoms with Crippen LogP contribution in [0.5, 0.6) is 5.75 Å². The van der Waals surface area contributed by atoms with Gasteiger partial charge in [-0.3, -0.25) is 20.4 Å². The molecule has 0 aliphatic heterocycles. The molecule has 0 fully saturated rings. The van der Waals surface area contributed by atoms with Crippen LogP contribution in [0.4, 0.5) is 0 Å². The lowest BCUT2D eigenvalue weighted by Crippen LogP contribution is -2.41. The van der Waals surface area contributed by atoms with E-state index in [1.807, 2.05) is 0 Å². The summed E-state index contributed by atoms with van der Waals surface area (Å²) in [6.45, 7) is 4.68. The summed E-state index contributed by atoms with van der Waals surface area (Å²) in [6.07, 6.45) is 0. The largest absolute Gasteiger partial charge is 0.493 e. The Labute approximate surface area is 147 Å². The van der Waals surface area contributed by atoms with Crippen LogP contribution in [-0.4, -0.2) is 18.4 Å². The first-order chi connectivity index (χ1) is 11.0. The van der Waals surface area contributed by atoms with Gasteiger partial charge in [-0.2, -0.15) is 0 Å². The SMILES string of the molecule is CC(C)COc1cccc(C(=O)NNC(=O)c2ccc(Br)s2)c1. The monoisotopic (exact) mass is 396 g/mol. The van der Waals surface area contributed by atoms with Crippen molar-refractivity contribution in [3.05, 3.63) is 50.6 Å². The minimum Gasteiger partial charge on any atom is -0.493 e. The molecule has 23 heavy (non-hydrogen) atoms. The number of hydrogen-bond acceptors (Lipinski definition) is 4. The van der Waals surface area contributed by atoms with E-state index in [9.17, 15) is 9.59 Å². The third-order valence-corrected chi connectivity index (χ3v) is 4.39. The van der Waals surface area contributed by atoms with Gasteiger partial charge in [-0.15, -0.1) is 11.3 Å². The van der Waals surface area contributed by atoms with Gasteiger partial charge in [-0.05, 0) is 52.2 Å². The highest BCUT2D eigenvalue weighted by Gasteiger charge is 2.11. The number of hydrogen-bond donors (Lipinski definition) is 2. The molecular weight excluding hydrogens is 380 g/mol. The fraction of sp³-hybridized carbons (Fsp3) is 0.250. The average Bonchev–Trinajstić information content (AvgIpc) is 2.97. The molecule has 1 heterocycles. The first-order valence-corrected chi connectivity index (χ1v) is 8.65. The summed E-state index contributed by atoms with van der Waals surface area (Å²) in [5.41, 5.74) is 5.20. The van der Waals surface area contributed by atoms with E-state index < -0.39 is 5.91 Å². The van der Waals surface area contributed by atoms with Crippen molar-refractivity contribution in [1.82, 2.24) is 10.9 Å². The van der Waals surface area contributed by atoms with Crippen molar-refractivity contribution in [2.75, 3.05) is 6.61 Å². The lowest BCUT2D eigenvalue weighted by Gasteiger charge is -2.10. The molecule has 2 N–H and O–H groups in total. The molecule has 5 nitrogen and oxygen atoms in total. The van der Waals surface area contributed by atoms with E-state index in [0.717, 1.165) is 3.79 Å². The predicted molar refractivity (Wildman–Crippen MR) is 93.7 cm³/mol. The molecule has 0 atom stereocenters.